The Morgan fingerprint density at radius 1 is 0.977 bits per heavy atom. The van der Waals surface area contributed by atoms with Crippen LogP contribution in [0.4, 0.5) is 4.79 Å². The highest BCUT2D eigenvalue weighted by molar-refractivity contribution is 6.37. The average Bonchev–Trinajstić information content (AvgIpc) is 3.01. The molecule has 0 saturated heterocycles. The molecule has 2 heterocycles. The van der Waals surface area contributed by atoms with Crippen molar-refractivity contribution in [3.05, 3.63) is 81.3 Å². The van der Waals surface area contributed by atoms with Crippen LogP contribution in [-0.2, 0) is 38.5 Å². The third kappa shape index (κ3) is 7.09. The van der Waals surface area contributed by atoms with Crippen molar-refractivity contribution in [2.45, 2.75) is 31.5 Å². The first-order valence-electron chi connectivity index (χ1n) is 13.3. The van der Waals surface area contributed by atoms with Crippen LogP contribution in [0.1, 0.15) is 16.7 Å². The first kappa shape index (κ1) is 31.8. The van der Waals surface area contributed by atoms with E-state index >= 15 is 0 Å². The van der Waals surface area contributed by atoms with Crippen molar-refractivity contribution < 1.29 is 38.1 Å². The molecular formula is C31H32Cl2N2O8. The highest BCUT2D eigenvalue weighted by atomic mass is 35.5. The van der Waals surface area contributed by atoms with E-state index in [2.05, 4.69) is 0 Å². The Balaban J connectivity index is 1.80. The zero-order valence-electron chi connectivity index (χ0n) is 24.4. The normalized spacial score (nSPS) is 16.5. The van der Waals surface area contributed by atoms with Crippen molar-refractivity contribution in [3.8, 4) is 23.0 Å². The second-order valence-electron chi connectivity index (χ2n) is 9.88. The number of methoxy groups -OCH3 is 3. The first-order chi connectivity index (χ1) is 20.6. The molecule has 12 heteroatoms. The first-order valence-corrected chi connectivity index (χ1v) is 14.0. The molecular weight excluding hydrogens is 599 g/mol. The Morgan fingerprint density at radius 3 is 2.23 bits per heavy atom. The zero-order chi connectivity index (χ0) is 31.3. The third-order valence-corrected chi connectivity index (χ3v) is 7.73. The van der Waals surface area contributed by atoms with Gasteiger partial charge >= 0.3 is 12.1 Å². The lowest BCUT2D eigenvalue weighted by Crippen LogP contribution is -2.54. The van der Waals surface area contributed by atoms with E-state index in [9.17, 15) is 14.4 Å². The van der Waals surface area contributed by atoms with Gasteiger partial charge in [0.25, 0.3) is 0 Å². The Kier molecular flexibility index (Phi) is 10.3. The molecule has 0 radical (unpaired) electrons. The van der Waals surface area contributed by atoms with E-state index in [1.807, 2.05) is 30.3 Å². The number of amides is 2. The smallest absolute Gasteiger partial charge is 0.410 e. The number of nitrogens with zero attached hydrogens (tertiary/aromatic N) is 2. The van der Waals surface area contributed by atoms with E-state index in [1.54, 1.807) is 24.3 Å². The molecule has 10 nitrogen and oxygen atoms in total. The van der Waals surface area contributed by atoms with Gasteiger partial charge in [0.15, 0.2) is 17.2 Å². The van der Waals surface area contributed by atoms with Crippen LogP contribution in [0.25, 0.3) is 0 Å². The van der Waals surface area contributed by atoms with Crippen molar-refractivity contribution in [3.63, 3.8) is 0 Å². The lowest BCUT2D eigenvalue weighted by molar-refractivity contribution is -0.153. The maximum Gasteiger partial charge on any atom is 0.410 e. The van der Waals surface area contributed by atoms with Crippen molar-refractivity contribution in [2.24, 2.45) is 0 Å². The van der Waals surface area contributed by atoms with Crippen LogP contribution in [0.3, 0.4) is 0 Å². The second-order valence-corrected chi connectivity index (χ2v) is 10.7. The van der Waals surface area contributed by atoms with E-state index in [0.29, 0.717) is 16.9 Å². The number of hydrogen-bond acceptors (Lipinski definition) is 8. The summed E-state index contributed by atoms with van der Waals surface area (Å²) in [7, 11) is 7.10. The molecule has 2 aliphatic heterocycles. The molecule has 0 unspecified atom stereocenters. The van der Waals surface area contributed by atoms with Crippen molar-refractivity contribution in [2.75, 3.05) is 35.4 Å². The highest BCUT2D eigenvalue weighted by Gasteiger charge is 2.37. The summed E-state index contributed by atoms with van der Waals surface area (Å²) >= 11 is 13.3. The van der Waals surface area contributed by atoms with Crippen LogP contribution in [0.5, 0.6) is 23.0 Å². The summed E-state index contributed by atoms with van der Waals surface area (Å²) in [5, 5.41) is 0.347. The Bertz CT molecular complexity index is 1480. The second kappa shape index (κ2) is 13.9. The van der Waals surface area contributed by atoms with Gasteiger partial charge in [0.2, 0.25) is 11.7 Å². The van der Waals surface area contributed by atoms with Crippen molar-refractivity contribution >= 4 is 41.2 Å². The summed E-state index contributed by atoms with van der Waals surface area (Å²) in [6.45, 7) is 0.0108. The predicted molar refractivity (Wildman–Crippen MR) is 160 cm³/mol. The number of benzene rings is 3. The van der Waals surface area contributed by atoms with Gasteiger partial charge in [0, 0.05) is 26.9 Å². The van der Waals surface area contributed by atoms with Crippen LogP contribution < -0.4 is 14.2 Å². The average molecular weight is 632 g/mol. The molecule has 2 atom stereocenters. The van der Waals surface area contributed by atoms with Crippen molar-refractivity contribution in [1.82, 2.24) is 9.80 Å². The molecule has 0 aliphatic carbocycles. The van der Waals surface area contributed by atoms with Gasteiger partial charge in [-0.15, -0.1) is 0 Å². The minimum Gasteiger partial charge on any atom is -0.493 e. The van der Waals surface area contributed by atoms with E-state index in [1.165, 1.54) is 45.2 Å². The molecule has 4 bridgehead atoms. The quantitative estimate of drug-likeness (QED) is 0.327. The van der Waals surface area contributed by atoms with Crippen LogP contribution in [0.2, 0.25) is 10.0 Å². The Morgan fingerprint density at radius 2 is 1.63 bits per heavy atom. The minimum absolute atomic E-state index is 0.0101. The fourth-order valence-electron chi connectivity index (χ4n) is 4.80. The van der Waals surface area contributed by atoms with E-state index in [0.717, 1.165) is 5.56 Å². The predicted octanol–water partition coefficient (Wildman–Crippen LogP) is 5.54. The van der Waals surface area contributed by atoms with Gasteiger partial charge in [-0.25, -0.2) is 9.59 Å². The summed E-state index contributed by atoms with van der Waals surface area (Å²) in [6.07, 6.45) is -0.691. The van der Waals surface area contributed by atoms with Crippen LogP contribution in [-0.4, -0.2) is 75.3 Å². The van der Waals surface area contributed by atoms with Gasteiger partial charge in [0.1, 0.15) is 18.7 Å². The molecule has 0 fully saturated rings. The van der Waals surface area contributed by atoms with Gasteiger partial charge < -0.3 is 28.6 Å². The van der Waals surface area contributed by atoms with Crippen molar-refractivity contribution in [1.29, 1.82) is 0 Å². The number of ether oxygens (including phenoxy) is 5. The Labute approximate surface area is 259 Å². The molecule has 5 rings (SSSR count). The van der Waals surface area contributed by atoms with E-state index < -0.39 is 30.1 Å². The van der Waals surface area contributed by atoms with Crippen LogP contribution in [0.15, 0.2) is 54.6 Å². The molecule has 2 amide bonds. The molecule has 3 aromatic rings. The summed E-state index contributed by atoms with van der Waals surface area (Å²) < 4.78 is 27.8. The maximum absolute atomic E-state index is 14.1. The molecule has 3 aromatic carbocycles. The van der Waals surface area contributed by atoms with Gasteiger partial charge in [0.05, 0.1) is 31.4 Å². The number of likely N-dealkylation sites (N-methyl/N-ethyl adjacent to an activating group) is 2. The lowest BCUT2D eigenvalue weighted by Gasteiger charge is -2.34. The molecule has 0 N–H and O–H groups in total. The number of carbonyl (C=O) groups excluding carboxylic acids is 3. The topological polar surface area (TPSA) is 104 Å². The molecule has 0 aromatic heterocycles. The standard InChI is InChI=1S/C31H32Cl2N2O8/c1-34-24(30(37)41-5)14-20-15-25(39-3)28(40-4)26(16-20)43-27-21(32)11-19(12-22(27)33)13-23(29(34)36)35(2)31(38)42-17-18-9-7-6-8-10-18/h6-12,15-16,23-24H,13-14,17H2,1-5H3/t23-,24-/m0/s1. The van der Waals surface area contributed by atoms with Gasteiger partial charge in [-0.3, -0.25) is 9.69 Å². The molecule has 0 saturated carbocycles. The SMILES string of the molecule is COC(=O)[C@@H]1Cc2cc(OC)c(OC)c(c2)Oc2c(Cl)cc(cc2Cl)C[C@H](N(C)C(=O)OCc2ccccc2)C(=O)N1C. The number of hydrogen-bond donors (Lipinski definition) is 0. The molecule has 228 valence electrons. The van der Waals surface area contributed by atoms with E-state index in [4.69, 9.17) is 46.9 Å². The zero-order valence-corrected chi connectivity index (χ0v) is 25.9. The molecule has 43 heavy (non-hydrogen) atoms. The van der Waals surface area contributed by atoms with Crippen LogP contribution >= 0.6 is 23.2 Å². The minimum atomic E-state index is -1.09. The number of fused-ring (bicyclic) bond motifs is 7. The van der Waals surface area contributed by atoms with Gasteiger partial charge in [-0.1, -0.05) is 53.5 Å². The number of esters is 1. The van der Waals surface area contributed by atoms with E-state index in [-0.39, 0.29) is 46.7 Å². The highest BCUT2D eigenvalue weighted by Crippen LogP contribution is 2.45. The molecule has 0 spiro atoms. The Hall–Kier alpha value is -4.15. The van der Waals surface area contributed by atoms with Gasteiger partial charge in [-0.05, 0) is 41.0 Å². The fourth-order valence-corrected chi connectivity index (χ4v) is 5.41. The van der Waals surface area contributed by atoms with Crippen LogP contribution in [0, 0.1) is 0 Å². The largest absolute Gasteiger partial charge is 0.493 e. The third-order valence-electron chi connectivity index (χ3n) is 7.17. The summed E-state index contributed by atoms with van der Waals surface area (Å²) in [4.78, 5) is 42.8. The summed E-state index contributed by atoms with van der Waals surface area (Å²) in [5.74, 6) is -0.183. The maximum atomic E-state index is 14.1. The lowest BCUT2D eigenvalue weighted by atomic mass is 9.99. The monoisotopic (exact) mass is 630 g/mol. The number of rotatable bonds is 6. The number of halogens is 2. The van der Waals surface area contributed by atoms with Gasteiger partial charge in [-0.2, -0.15) is 0 Å². The summed E-state index contributed by atoms with van der Waals surface area (Å²) in [5.41, 5.74) is 1.89. The molecule has 2 aliphatic rings. The summed E-state index contributed by atoms with van der Waals surface area (Å²) in [6, 6.07) is 13.5. The fraction of sp³-hybridized carbons (Fsp3) is 0.323. The number of carbonyl (C=O) groups is 3.